The number of hydrogen-bond acceptors (Lipinski definition) is 4. The molecule has 0 amide bonds. The van der Waals surface area contributed by atoms with Crippen LogP contribution in [0.3, 0.4) is 0 Å². The number of aliphatic hydroxyl groups is 1. The van der Waals surface area contributed by atoms with Gasteiger partial charge in [0.25, 0.3) is 0 Å². The number of aliphatic hydroxyl groups excluding tert-OH is 1. The van der Waals surface area contributed by atoms with Crippen LogP contribution in [0.4, 0.5) is 0 Å². The summed E-state index contributed by atoms with van der Waals surface area (Å²) in [5.74, 6) is -0.812. The topological polar surface area (TPSA) is 63.6 Å². The zero-order chi connectivity index (χ0) is 25.0. The van der Waals surface area contributed by atoms with Crippen molar-refractivity contribution in [3.8, 4) is 0 Å². The third-order valence-corrected chi connectivity index (χ3v) is 5.48. The molecule has 0 unspecified atom stereocenters. The molecule has 0 aliphatic rings. The van der Waals surface area contributed by atoms with Crippen LogP contribution in [0.2, 0.25) is 0 Å². The summed E-state index contributed by atoms with van der Waals surface area (Å²) < 4.78 is 4.89. The molecule has 0 saturated carbocycles. The number of carbonyl (C=O) groups is 2. The maximum absolute atomic E-state index is 11.7. The number of hydrogen-bond donors (Lipinski definition) is 1. The Hall–Kier alpha value is -1.94. The van der Waals surface area contributed by atoms with Crippen LogP contribution in [0.15, 0.2) is 48.6 Å². The minimum Gasteiger partial charge on any atom is -0.396 e. The molecule has 0 heterocycles. The minimum atomic E-state index is -0.412. The van der Waals surface area contributed by atoms with Crippen molar-refractivity contribution in [2.75, 3.05) is 6.61 Å². The van der Waals surface area contributed by atoms with Crippen molar-refractivity contribution in [3.63, 3.8) is 0 Å². The van der Waals surface area contributed by atoms with Crippen molar-refractivity contribution < 1.29 is 19.4 Å². The first-order valence-electron chi connectivity index (χ1n) is 13.6. The molecule has 0 bridgehead atoms. The number of ether oxygens (including phenoxy) is 1. The van der Waals surface area contributed by atoms with Gasteiger partial charge in [0, 0.05) is 19.4 Å². The zero-order valence-corrected chi connectivity index (χ0v) is 21.7. The fraction of sp³-hybridized carbons (Fsp3) is 0.667. The van der Waals surface area contributed by atoms with Gasteiger partial charge in [-0.3, -0.25) is 9.59 Å². The summed E-state index contributed by atoms with van der Waals surface area (Å²) in [6.45, 7) is 2.50. The van der Waals surface area contributed by atoms with Crippen LogP contribution >= 0.6 is 0 Å². The van der Waals surface area contributed by atoms with Gasteiger partial charge in [-0.05, 0) is 57.8 Å². The molecule has 4 nitrogen and oxygen atoms in total. The normalized spacial score (nSPS) is 12.1. The standard InChI is InChI=1S/C30H50O4/c1-2-3-4-5-6-7-8-9-10-11-12-13-14-15-17-20-23-26-29(32)34-30(33)27-24-21-18-16-19-22-25-28-31/h6-7,9-10,12-13,15,17,31H,2-5,8,11,14,16,18-28H2,1H3/b7-6-,10-9-,13-12-,17-15-. The van der Waals surface area contributed by atoms with Gasteiger partial charge in [0.15, 0.2) is 0 Å². The summed E-state index contributed by atoms with van der Waals surface area (Å²) in [6, 6.07) is 0. The van der Waals surface area contributed by atoms with E-state index < -0.39 is 11.9 Å². The molecule has 34 heavy (non-hydrogen) atoms. The predicted octanol–water partition coefficient (Wildman–Crippen LogP) is 8.32. The highest BCUT2D eigenvalue weighted by Crippen LogP contribution is 2.09. The molecule has 0 aliphatic carbocycles. The maximum Gasteiger partial charge on any atom is 0.313 e. The summed E-state index contributed by atoms with van der Waals surface area (Å²) in [5.41, 5.74) is 0. The summed E-state index contributed by atoms with van der Waals surface area (Å²) in [6.07, 6.45) is 34.6. The first-order valence-corrected chi connectivity index (χ1v) is 13.6. The van der Waals surface area contributed by atoms with Gasteiger partial charge in [-0.15, -0.1) is 0 Å². The van der Waals surface area contributed by atoms with Crippen LogP contribution in [0.25, 0.3) is 0 Å². The summed E-state index contributed by atoms with van der Waals surface area (Å²) >= 11 is 0. The van der Waals surface area contributed by atoms with Crippen LogP contribution in [-0.4, -0.2) is 23.7 Å². The number of allylic oxidation sites excluding steroid dienone is 8. The third kappa shape index (κ3) is 26.3. The molecule has 4 heteroatoms. The lowest BCUT2D eigenvalue weighted by Crippen LogP contribution is -2.11. The van der Waals surface area contributed by atoms with Crippen molar-refractivity contribution in [1.82, 2.24) is 0 Å². The summed E-state index contributed by atoms with van der Waals surface area (Å²) in [7, 11) is 0. The lowest BCUT2D eigenvalue weighted by molar-refractivity contribution is -0.159. The first-order chi connectivity index (χ1) is 16.7. The molecule has 0 radical (unpaired) electrons. The van der Waals surface area contributed by atoms with E-state index in [1.165, 1.54) is 25.7 Å². The molecule has 0 atom stereocenters. The molecule has 194 valence electrons. The second kappa shape index (κ2) is 27.3. The van der Waals surface area contributed by atoms with E-state index in [-0.39, 0.29) is 13.0 Å². The second-order valence-electron chi connectivity index (χ2n) is 8.78. The molecule has 0 aliphatic heterocycles. The summed E-state index contributed by atoms with van der Waals surface area (Å²) in [5, 5.41) is 8.73. The molecule has 1 N–H and O–H groups in total. The van der Waals surface area contributed by atoms with E-state index in [0.717, 1.165) is 70.6 Å². The largest absolute Gasteiger partial charge is 0.396 e. The van der Waals surface area contributed by atoms with E-state index >= 15 is 0 Å². The van der Waals surface area contributed by atoms with Gasteiger partial charge in [-0.1, -0.05) is 100 Å². The van der Waals surface area contributed by atoms with Crippen molar-refractivity contribution in [1.29, 1.82) is 0 Å². The fourth-order valence-electron chi connectivity index (χ4n) is 3.42. The van der Waals surface area contributed by atoms with Gasteiger partial charge >= 0.3 is 11.9 Å². The summed E-state index contributed by atoms with van der Waals surface area (Å²) in [4.78, 5) is 23.4. The smallest absolute Gasteiger partial charge is 0.313 e. The molecular formula is C30H50O4. The maximum atomic E-state index is 11.7. The van der Waals surface area contributed by atoms with Gasteiger partial charge in [-0.2, -0.15) is 0 Å². The minimum absolute atomic E-state index is 0.267. The van der Waals surface area contributed by atoms with Crippen molar-refractivity contribution >= 4 is 11.9 Å². The Morgan fingerprint density at radius 3 is 1.53 bits per heavy atom. The Morgan fingerprint density at radius 1 is 0.559 bits per heavy atom. The van der Waals surface area contributed by atoms with Crippen LogP contribution in [0, 0.1) is 0 Å². The molecule has 0 rings (SSSR count). The third-order valence-electron chi connectivity index (χ3n) is 5.48. The van der Waals surface area contributed by atoms with Gasteiger partial charge in [-0.25, -0.2) is 0 Å². The van der Waals surface area contributed by atoms with Crippen LogP contribution in [0.5, 0.6) is 0 Å². The number of carbonyl (C=O) groups excluding carboxylic acids is 2. The Kier molecular flexibility index (Phi) is 25.7. The molecular weight excluding hydrogens is 424 g/mol. The molecule has 0 fully saturated rings. The highest BCUT2D eigenvalue weighted by atomic mass is 16.6. The van der Waals surface area contributed by atoms with Crippen molar-refractivity contribution in [2.45, 2.75) is 122 Å². The lowest BCUT2D eigenvalue weighted by Gasteiger charge is -2.03. The Labute approximate surface area is 209 Å². The average Bonchev–Trinajstić information content (AvgIpc) is 2.82. The number of rotatable bonds is 23. The van der Waals surface area contributed by atoms with Crippen LogP contribution < -0.4 is 0 Å². The van der Waals surface area contributed by atoms with E-state index in [4.69, 9.17) is 9.84 Å². The van der Waals surface area contributed by atoms with Gasteiger partial charge in [0.05, 0.1) is 0 Å². The SMILES string of the molecule is CCCCC/C=C\C/C=C\C/C=C\C/C=C\CCCC(=O)OC(=O)CCCCCCCCCO. The zero-order valence-electron chi connectivity index (χ0n) is 21.7. The molecule has 0 saturated heterocycles. The molecule has 0 spiro atoms. The quantitative estimate of drug-likeness (QED) is 0.0700. The predicted molar refractivity (Wildman–Crippen MR) is 144 cm³/mol. The lowest BCUT2D eigenvalue weighted by atomic mass is 10.1. The fourth-order valence-corrected chi connectivity index (χ4v) is 3.42. The van der Waals surface area contributed by atoms with E-state index in [9.17, 15) is 9.59 Å². The van der Waals surface area contributed by atoms with E-state index in [1.807, 2.05) is 0 Å². The van der Waals surface area contributed by atoms with Gasteiger partial charge < -0.3 is 9.84 Å². The average molecular weight is 475 g/mol. The molecule has 0 aromatic carbocycles. The van der Waals surface area contributed by atoms with Crippen LogP contribution in [-0.2, 0) is 14.3 Å². The first kappa shape index (κ1) is 32.1. The van der Waals surface area contributed by atoms with E-state index in [0.29, 0.717) is 12.8 Å². The highest BCUT2D eigenvalue weighted by Gasteiger charge is 2.09. The van der Waals surface area contributed by atoms with Crippen molar-refractivity contribution in [3.05, 3.63) is 48.6 Å². The Bertz CT molecular complexity index is 587. The number of esters is 2. The number of unbranched alkanes of at least 4 members (excludes halogenated alkanes) is 10. The Morgan fingerprint density at radius 2 is 1.00 bits per heavy atom. The van der Waals surface area contributed by atoms with E-state index in [1.54, 1.807) is 0 Å². The highest BCUT2D eigenvalue weighted by molar-refractivity contribution is 5.85. The van der Waals surface area contributed by atoms with Crippen molar-refractivity contribution in [2.24, 2.45) is 0 Å². The molecule has 0 aromatic rings. The Balaban J connectivity index is 3.54. The molecule has 0 aromatic heterocycles. The monoisotopic (exact) mass is 474 g/mol. The van der Waals surface area contributed by atoms with E-state index in [2.05, 4.69) is 55.5 Å². The second-order valence-corrected chi connectivity index (χ2v) is 8.78. The van der Waals surface area contributed by atoms with Gasteiger partial charge in [0.1, 0.15) is 0 Å². The van der Waals surface area contributed by atoms with Gasteiger partial charge in [0.2, 0.25) is 0 Å². The van der Waals surface area contributed by atoms with Crippen LogP contribution in [0.1, 0.15) is 122 Å².